The van der Waals surface area contributed by atoms with Gasteiger partial charge in [-0.15, -0.1) is 24.0 Å². The van der Waals surface area contributed by atoms with E-state index in [0.717, 1.165) is 31.5 Å². The first-order valence-corrected chi connectivity index (χ1v) is 8.36. The van der Waals surface area contributed by atoms with E-state index in [1.807, 2.05) is 0 Å². The summed E-state index contributed by atoms with van der Waals surface area (Å²) in [4.78, 5) is 6.99. The van der Waals surface area contributed by atoms with E-state index in [2.05, 4.69) is 36.1 Å². The van der Waals surface area contributed by atoms with Gasteiger partial charge in [0.15, 0.2) is 5.96 Å². The van der Waals surface area contributed by atoms with Crippen molar-refractivity contribution in [3.05, 3.63) is 35.4 Å². The molecule has 2 N–H and O–H groups in total. The summed E-state index contributed by atoms with van der Waals surface area (Å²) >= 11 is 0. The van der Waals surface area contributed by atoms with E-state index in [4.69, 9.17) is 10.7 Å². The SMILES string of the molecule is CC1CCCN(C(N)=NCC2CCCc3ccccc32)C1.I. The Hall–Kier alpha value is -0.780. The predicted octanol–water partition coefficient (Wildman–Crippen LogP) is 3.77. The van der Waals surface area contributed by atoms with Crippen LogP contribution in [0.5, 0.6) is 0 Å². The lowest BCUT2D eigenvalue weighted by molar-refractivity contribution is 0.270. The van der Waals surface area contributed by atoms with Crippen LogP contribution in [0.2, 0.25) is 0 Å². The molecule has 1 aliphatic carbocycles. The Morgan fingerprint density at radius 3 is 2.91 bits per heavy atom. The Balaban J connectivity index is 0.00000176. The summed E-state index contributed by atoms with van der Waals surface area (Å²) in [5.74, 6) is 2.04. The summed E-state index contributed by atoms with van der Waals surface area (Å²) < 4.78 is 0. The number of hydrogen-bond acceptors (Lipinski definition) is 1. The molecule has 3 nitrogen and oxygen atoms in total. The van der Waals surface area contributed by atoms with Crippen molar-refractivity contribution in [2.45, 2.75) is 44.9 Å². The summed E-state index contributed by atoms with van der Waals surface area (Å²) in [6.45, 7) is 5.28. The molecule has 4 heteroatoms. The molecule has 1 saturated heterocycles. The summed E-state index contributed by atoms with van der Waals surface area (Å²) in [6.07, 6.45) is 6.29. The van der Waals surface area contributed by atoms with Crippen molar-refractivity contribution in [2.24, 2.45) is 16.6 Å². The zero-order chi connectivity index (χ0) is 14.7. The molecule has 122 valence electrons. The highest BCUT2D eigenvalue weighted by Crippen LogP contribution is 2.31. The molecule has 1 aliphatic heterocycles. The van der Waals surface area contributed by atoms with Gasteiger partial charge in [0.1, 0.15) is 0 Å². The molecule has 2 aliphatic rings. The van der Waals surface area contributed by atoms with Crippen molar-refractivity contribution in [1.29, 1.82) is 0 Å². The van der Waals surface area contributed by atoms with Crippen LogP contribution in [0.4, 0.5) is 0 Å². The average Bonchev–Trinajstić information content (AvgIpc) is 2.52. The maximum atomic E-state index is 6.22. The summed E-state index contributed by atoms with van der Waals surface area (Å²) in [5, 5.41) is 0. The molecule has 2 unspecified atom stereocenters. The van der Waals surface area contributed by atoms with Gasteiger partial charge in [-0.25, -0.2) is 0 Å². The number of likely N-dealkylation sites (tertiary alicyclic amines) is 1. The van der Waals surface area contributed by atoms with Crippen LogP contribution < -0.4 is 5.73 Å². The molecule has 0 radical (unpaired) electrons. The van der Waals surface area contributed by atoms with Crippen molar-refractivity contribution < 1.29 is 0 Å². The Labute approximate surface area is 151 Å². The Morgan fingerprint density at radius 2 is 2.09 bits per heavy atom. The molecule has 0 aromatic heterocycles. The largest absolute Gasteiger partial charge is 0.370 e. The van der Waals surface area contributed by atoms with Gasteiger partial charge in [-0.3, -0.25) is 4.99 Å². The zero-order valence-corrected chi connectivity index (χ0v) is 15.8. The number of benzene rings is 1. The molecule has 1 heterocycles. The van der Waals surface area contributed by atoms with Gasteiger partial charge in [0.05, 0.1) is 0 Å². The van der Waals surface area contributed by atoms with Crippen LogP contribution >= 0.6 is 24.0 Å². The second-order valence-corrected chi connectivity index (χ2v) is 6.68. The van der Waals surface area contributed by atoms with Gasteiger partial charge in [-0.2, -0.15) is 0 Å². The van der Waals surface area contributed by atoms with Crippen LogP contribution in [0, 0.1) is 5.92 Å². The van der Waals surface area contributed by atoms with E-state index in [0.29, 0.717) is 5.92 Å². The minimum Gasteiger partial charge on any atom is -0.370 e. The van der Waals surface area contributed by atoms with Gasteiger partial charge in [-0.1, -0.05) is 31.2 Å². The average molecular weight is 413 g/mol. The molecule has 0 spiro atoms. The van der Waals surface area contributed by atoms with Crippen molar-refractivity contribution in [3.8, 4) is 0 Å². The van der Waals surface area contributed by atoms with Gasteiger partial charge in [-0.05, 0) is 49.1 Å². The van der Waals surface area contributed by atoms with E-state index in [9.17, 15) is 0 Å². The number of aryl methyl sites for hydroxylation is 1. The lowest BCUT2D eigenvalue weighted by Crippen LogP contribution is -2.43. The van der Waals surface area contributed by atoms with Crippen molar-refractivity contribution in [1.82, 2.24) is 4.90 Å². The highest BCUT2D eigenvalue weighted by atomic mass is 127. The fourth-order valence-electron chi connectivity index (χ4n) is 3.75. The van der Waals surface area contributed by atoms with Crippen molar-refractivity contribution >= 4 is 29.9 Å². The zero-order valence-electron chi connectivity index (χ0n) is 13.5. The normalized spacial score (nSPS) is 25.3. The van der Waals surface area contributed by atoms with Gasteiger partial charge < -0.3 is 10.6 Å². The van der Waals surface area contributed by atoms with E-state index in [1.165, 1.54) is 43.2 Å². The quantitative estimate of drug-likeness (QED) is 0.456. The van der Waals surface area contributed by atoms with Crippen LogP contribution in [-0.2, 0) is 6.42 Å². The molecule has 2 atom stereocenters. The van der Waals surface area contributed by atoms with Crippen LogP contribution in [0.1, 0.15) is 49.7 Å². The lowest BCUT2D eigenvalue weighted by atomic mass is 9.83. The van der Waals surface area contributed by atoms with Crippen LogP contribution in [0.25, 0.3) is 0 Å². The Morgan fingerprint density at radius 1 is 1.27 bits per heavy atom. The Bertz CT molecular complexity index is 515. The summed E-state index contributed by atoms with van der Waals surface area (Å²) in [6, 6.07) is 8.83. The topological polar surface area (TPSA) is 41.6 Å². The highest BCUT2D eigenvalue weighted by Gasteiger charge is 2.21. The third-order valence-electron chi connectivity index (χ3n) is 4.95. The van der Waals surface area contributed by atoms with E-state index < -0.39 is 0 Å². The molecule has 22 heavy (non-hydrogen) atoms. The molecule has 1 aromatic rings. The van der Waals surface area contributed by atoms with Crippen molar-refractivity contribution in [2.75, 3.05) is 19.6 Å². The minimum absolute atomic E-state index is 0. The summed E-state index contributed by atoms with van der Waals surface area (Å²) in [7, 11) is 0. The first-order chi connectivity index (χ1) is 10.2. The smallest absolute Gasteiger partial charge is 0.191 e. The molecule has 3 rings (SSSR count). The molecule has 0 saturated carbocycles. The number of halogens is 1. The van der Waals surface area contributed by atoms with E-state index in [-0.39, 0.29) is 24.0 Å². The van der Waals surface area contributed by atoms with Crippen molar-refractivity contribution in [3.63, 3.8) is 0 Å². The van der Waals surface area contributed by atoms with Gasteiger partial charge >= 0.3 is 0 Å². The molecule has 0 bridgehead atoms. The number of nitrogens with two attached hydrogens (primary N) is 1. The monoisotopic (exact) mass is 413 g/mol. The second-order valence-electron chi connectivity index (χ2n) is 6.68. The second kappa shape index (κ2) is 8.18. The molecular weight excluding hydrogens is 385 g/mol. The molecular formula is C18H28IN3. The van der Waals surface area contributed by atoms with Crippen LogP contribution in [-0.4, -0.2) is 30.5 Å². The van der Waals surface area contributed by atoms with Crippen LogP contribution in [0.3, 0.4) is 0 Å². The Kier molecular flexibility index (Phi) is 6.53. The highest BCUT2D eigenvalue weighted by molar-refractivity contribution is 14.0. The minimum atomic E-state index is 0. The fourth-order valence-corrected chi connectivity index (χ4v) is 3.75. The maximum absolute atomic E-state index is 6.22. The molecule has 0 amide bonds. The molecule has 1 fully saturated rings. The first-order valence-electron chi connectivity index (χ1n) is 8.36. The maximum Gasteiger partial charge on any atom is 0.191 e. The molecule has 1 aromatic carbocycles. The number of aliphatic imine (C=N–C) groups is 1. The first kappa shape index (κ1) is 17.6. The predicted molar refractivity (Wildman–Crippen MR) is 104 cm³/mol. The number of nitrogens with zero attached hydrogens (tertiary/aromatic N) is 2. The number of hydrogen-bond donors (Lipinski definition) is 1. The number of guanidine groups is 1. The summed E-state index contributed by atoms with van der Waals surface area (Å²) in [5.41, 5.74) is 9.23. The van der Waals surface area contributed by atoms with Gasteiger partial charge in [0.25, 0.3) is 0 Å². The number of piperidine rings is 1. The third-order valence-corrected chi connectivity index (χ3v) is 4.95. The van der Waals surface area contributed by atoms with Gasteiger partial charge in [0.2, 0.25) is 0 Å². The van der Waals surface area contributed by atoms with Gasteiger partial charge in [0, 0.05) is 25.6 Å². The lowest BCUT2D eigenvalue weighted by Gasteiger charge is -2.32. The number of rotatable bonds is 2. The fraction of sp³-hybridized carbons (Fsp3) is 0.611. The number of fused-ring (bicyclic) bond motifs is 1. The van der Waals surface area contributed by atoms with E-state index >= 15 is 0 Å². The third kappa shape index (κ3) is 4.15. The van der Waals surface area contributed by atoms with E-state index in [1.54, 1.807) is 0 Å². The standard InChI is InChI=1S/C18H27N3.HI/c1-14-6-5-11-21(13-14)18(19)20-12-16-9-4-8-15-7-2-3-10-17(15)16;/h2-3,7,10,14,16H,4-6,8-9,11-13H2,1H3,(H2,19,20);1H. The van der Waals surface area contributed by atoms with Crippen LogP contribution in [0.15, 0.2) is 29.3 Å².